The van der Waals surface area contributed by atoms with Gasteiger partial charge in [0.25, 0.3) is 5.91 Å². The Morgan fingerprint density at radius 3 is 2.82 bits per heavy atom. The van der Waals surface area contributed by atoms with Gasteiger partial charge < -0.3 is 10.5 Å². The number of aliphatic imine (C=N–C) groups is 1. The van der Waals surface area contributed by atoms with Gasteiger partial charge in [-0.15, -0.1) is 0 Å². The Morgan fingerprint density at radius 2 is 2.29 bits per heavy atom. The number of hydrogen-bond donors (Lipinski definition) is 1. The Bertz CT molecular complexity index is 540. The van der Waals surface area contributed by atoms with Gasteiger partial charge in [0.1, 0.15) is 5.75 Å². The molecule has 17 heavy (non-hydrogen) atoms. The van der Waals surface area contributed by atoms with E-state index in [1.165, 1.54) is 0 Å². The molecular weight excluding hydrogens is 260 g/mol. The molecule has 4 nitrogen and oxygen atoms in total. The van der Waals surface area contributed by atoms with Crippen LogP contribution in [0.2, 0.25) is 5.02 Å². The molecule has 1 aliphatic rings. The van der Waals surface area contributed by atoms with E-state index >= 15 is 0 Å². The van der Waals surface area contributed by atoms with Gasteiger partial charge in [-0.3, -0.25) is 4.79 Å². The van der Waals surface area contributed by atoms with Crippen molar-refractivity contribution in [3.8, 4) is 5.75 Å². The largest absolute Gasteiger partial charge is 0.495 e. The molecule has 0 atom stereocenters. The smallest absolute Gasteiger partial charge is 0.286 e. The number of nitrogens with zero attached hydrogens (tertiary/aromatic N) is 1. The molecule has 0 saturated heterocycles. The number of thioether (sulfide) groups is 1. The average molecular weight is 269 g/mol. The molecule has 0 bridgehead atoms. The summed E-state index contributed by atoms with van der Waals surface area (Å²) in [5.41, 5.74) is 6.25. The van der Waals surface area contributed by atoms with E-state index in [1.54, 1.807) is 31.4 Å². The lowest BCUT2D eigenvalue weighted by molar-refractivity contribution is -0.113. The molecule has 0 aromatic heterocycles. The molecule has 1 heterocycles. The van der Waals surface area contributed by atoms with Crippen LogP contribution in [0.4, 0.5) is 0 Å². The number of hydrogen-bond acceptors (Lipinski definition) is 4. The normalized spacial score (nSPS) is 17.4. The van der Waals surface area contributed by atoms with Crippen molar-refractivity contribution in [1.82, 2.24) is 0 Å². The zero-order chi connectivity index (χ0) is 12.4. The van der Waals surface area contributed by atoms with Crippen LogP contribution in [0.1, 0.15) is 5.56 Å². The van der Waals surface area contributed by atoms with E-state index in [9.17, 15) is 4.79 Å². The molecule has 0 spiro atoms. The minimum Gasteiger partial charge on any atom is -0.495 e. The highest BCUT2D eigenvalue weighted by Gasteiger charge is 2.19. The Labute approximate surface area is 107 Å². The summed E-state index contributed by atoms with van der Waals surface area (Å²) in [4.78, 5) is 15.5. The van der Waals surface area contributed by atoms with Gasteiger partial charge in [-0.05, 0) is 35.5 Å². The summed E-state index contributed by atoms with van der Waals surface area (Å²) in [5.74, 6) is 0.273. The predicted octanol–water partition coefficient (Wildman–Crippen LogP) is 2.28. The maximum Gasteiger partial charge on any atom is 0.286 e. The average Bonchev–Trinajstić information content (AvgIpc) is 2.58. The highest BCUT2D eigenvalue weighted by atomic mass is 35.5. The van der Waals surface area contributed by atoms with Gasteiger partial charge in [0, 0.05) is 0 Å². The van der Waals surface area contributed by atoms with Gasteiger partial charge in [0.2, 0.25) is 0 Å². The number of carbonyl (C=O) groups is 1. The highest BCUT2D eigenvalue weighted by molar-refractivity contribution is 8.18. The first-order chi connectivity index (χ1) is 8.10. The first-order valence-corrected chi connectivity index (χ1v) is 5.91. The molecule has 0 aliphatic carbocycles. The minimum absolute atomic E-state index is 0.265. The van der Waals surface area contributed by atoms with E-state index in [0.29, 0.717) is 15.7 Å². The summed E-state index contributed by atoms with van der Waals surface area (Å²) in [6.07, 6.45) is 1.70. The third-order valence-corrected chi connectivity index (χ3v) is 3.22. The van der Waals surface area contributed by atoms with Gasteiger partial charge in [0.15, 0.2) is 5.17 Å². The molecule has 0 fully saturated rings. The first kappa shape index (κ1) is 12.0. The summed E-state index contributed by atoms with van der Waals surface area (Å²) in [7, 11) is 1.55. The standard InChI is InChI=1S/C11H9ClN2O2S/c1-16-8-3-2-6(4-7(8)12)5-9-10(15)14-11(13)17-9/h2-5H,1H3,(H2,13,14,15)/b9-5-. The number of halogens is 1. The number of ether oxygens (including phenoxy) is 1. The lowest BCUT2D eigenvalue weighted by Crippen LogP contribution is -2.01. The summed E-state index contributed by atoms with van der Waals surface area (Å²) in [5, 5.41) is 0.757. The molecule has 2 rings (SSSR count). The second kappa shape index (κ2) is 4.81. The van der Waals surface area contributed by atoms with Crippen LogP contribution in [0.5, 0.6) is 5.75 Å². The van der Waals surface area contributed by atoms with Crippen molar-refractivity contribution in [1.29, 1.82) is 0 Å². The number of carbonyl (C=O) groups excluding carboxylic acids is 1. The summed E-state index contributed by atoms with van der Waals surface area (Å²) in [6.45, 7) is 0. The quantitative estimate of drug-likeness (QED) is 0.836. The first-order valence-electron chi connectivity index (χ1n) is 4.71. The van der Waals surface area contributed by atoms with Crippen LogP contribution in [-0.4, -0.2) is 18.2 Å². The van der Waals surface area contributed by atoms with Crippen LogP contribution in [0.15, 0.2) is 28.1 Å². The molecule has 88 valence electrons. The Kier molecular flexibility index (Phi) is 3.40. The van der Waals surface area contributed by atoms with E-state index in [-0.39, 0.29) is 11.1 Å². The van der Waals surface area contributed by atoms with Crippen molar-refractivity contribution >= 4 is 40.5 Å². The van der Waals surface area contributed by atoms with Gasteiger partial charge in [-0.2, -0.15) is 4.99 Å². The van der Waals surface area contributed by atoms with Crippen LogP contribution in [0.3, 0.4) is 0 Å². The SMILES string of the molecule is COc1ccc(/C=C2\SC(N)=NC2=O)cc1Cl. The van der Waals surface area contributed by atoms with Crippen molar-refractivity contribution < 1.29 is 9.53 Å². The van der Waals surface area contributed by atoms with Crippen LogP contribution < -0.4 is 10.5 Å². The van der Waals surface area contributed by atoms with Gasteiger partial charge in [0.05, 0.1) is 17.0 Å². The Balaban J connectivity index is 2.28. The van der Waals surface area contributed by atoms with E-state index in [2.05, 4.69) is 4.99 Å². The molecule has 6 heteroatoms. The van der Waals surface area contributed by atoms with Crippen LogP contribution >= 0.6 is 23.4 Å². The second-order valence-corrected chi connectivity index (χ2v) is 4.73. The van der Waals surface area contributed by atoms with Crippen molar-refractivity contribution in [3.63, 3.8) is 0 Å². The molecule has 1 aliphatic heterocycles. The topological polar surface area (TPSA) is 64.7 Å². The van der Waals surface area contributed by atoms with E-state index < -0.39 is 0 Å². The Morgan fingerprint density at radius 1 is 1.53 bits per heavy atom. The number of rotatable bonds is 2. The molecule has 1 aromatic rings. The molecule has 2 N–H and O–H groups in total. The third-order valence-electron chi connectivity index (χ3n) is 2.11. The molecule has 0 unspecified atom stereocenters. The summed E-state index contributed by atoms with van der Waals surface area (Å²) in [6, 6.07) is 5.26. The zero-order valence-electron chi connectivity index (χ0n) is 8.94. The lowest BCUT2D eigenvalue weighted by atomic mass is 10.2. The molecule has 1 aromatic carbocycles. The number of nitrogens with two attached hydrogens (primary N) is 1. The van der Waals surface area contributed by atoms with Gasteiger partial charge >= 0.3 is 0 Å². The number of methoxy groups -OCH3 is 1. The van der Waals surface area contributed by atoms with Crippen molar-refractivity contribution in [2.45, 2.75) is 0 Å². The third kappa shape index (κ3) is 2.62. The maximum atomic E-state index is 11.4. The molecule has 0 saturated carbocycles. The second-order valence-electron chi connectivity index (χ2n) is 3.26. The van der Waals surface area contributed by atoms with Crippen molar-refractivity contribution in [2.24, 2.45) is 10.7 Å². The monoisotopic (exact) mass is 268 g/mol. The van der Waals surface area contributed by atoms with E-state index in [1.807, 2.05) is 0 Å². The predicted molar refractivity (Wildman–Crippen MR) is 70.2 cm³/mol. The molecule has 0 radical (unpaired) electrons. The lowest BCUT2D eigenvalue weighted by Gasteiger charge is -2.03. The summed E-state index contributed by atoms with van der Waals surface area (Å²) < 4.78 is 5.04. The Hall–Kier alpha value is -1.46. The highest BCUT2D eigenvalue weighted by Crippen LogP contribution is 2.29. The summed E-state index contributed by atoms with van der Waals surface area (Å²) >= 11 is 7.13. The fourth-order valence-electron chi connectivity index (χ4n) is 1.35. The minimum atomic E-state index is -0.320. The van der Waals surface area contributed by atoms with Crippen molar-refractivity contribution in [2.75, 3.05) is 7.11 Å². The maximum absolute atomic E-state index is 11.4. The number of amidine groups is 1. The van der Waals surface area contributed by atoms with E-state index in [4.69, 9.17) is 22.1 Å². The van der Waals surface area contributed by atoms with E-state index in [0.717, 1.165) is 17.3 Å². The fourth-order valence-corrected chi connectivity index (χ4v) is 2.30. The van der Waals surface area contributed by atoms with Crippen LogP contribution in [0.25, 0.3) is 6.08 Å². The molecular formula is C11H9ClN2O2S. The number of benzene rings is 1. The van der Waals surface area contributed by atoms with Crippen LogP contribution in [-0.2, 0) is 4.79 Å². The van der Waals surface area contributed by atoms with Crippen molar-refractivity contribution in [3.05, 3.63) is 33.7 Å². The molecule has 1 amide bonds. The van der Waals surface area contributed by atoms with Gasteiger partial charge in [-0.25, -0.2) is 0 Å². The number of amides is 1. The fraction of sp³-hybridized carbons (Fsp3) is 0.0909. The van der Waals surface area contributed by atoms with Gasteiger partial charge in [-0.1, -0.05) is 17.7 Å². The van der Waals surface area contributed by atoms with Crippen LogP contribution in [0, 0.1) is 0 Å². The zero-order valence-corrected chi connectivity index (χ0v) is 10.5.